The van der Waals surface area contributed by atoms with Crippen LogP contribution in [0.25, 0.3) is 11.0 Å². The number of nitrogens with zero attached hydrogens (tertiary/aromatic N) is 4. The van der Waals surface area contributed by atoms with Crippen LogP contribution in [-0.2, 0) is 35.6 Å². The first-order valence-electron chi connectivity index (χ1n) is 13.0. The van der Waals surface area contributed by atoms with Gasteiger partial charge in [-0.1, -0.05) is 26.0 Å². The third kappa shape index (κ3) is 7.63. The highest BCUT2D eigenvalue weighted by Crippen LogP contribution is 2.25. The van der Waals surface area contributed by atoms with Crippen molar-refractivity contribution < 1.29 is 27.5 Å². The molecule has 0 bridgehead atoms. The number of rotatable bonds is 11. The lowest BCUT2D eigenvalue weighted by Gasteiger charge is -2.31. The van der Waals surface area contributed by atoms with E-state index in [2.05, 4.69) is 9.97 Å². The lowest BCUT2D eigenvalue weighted by Crippen LogP contribution is -2.49. The Bertz CT molecular complexity index is 1410. The van der Waals surface area contributed by atoms with Crippen molar-refractivity contribution >= 4 is 33.0 Å². The maximum Gasteiger partial charge on any atom is 0.324 e. The van der Waals surface area contributed by atoms with E-state index >= 15 is 0 Å². The van der Waals surface area contributed by atoms with Crippen molar-refractivity contribution in [2.45, 2.75) is 78.0 Å². The Balaban J connectivity index is 1.96. The highest BCUT2D eigenvalue weighted by Gasteiger charge is 2.39. The minimum atomic E-state index is -4.28. The van der Waals surface area contributed by atoms with E-state index in [9.17, 15) is 18.0 Å². The zero-order chi connectivity index (χ0) is 29.0. The molecule has 212 valence electrons. The molecule has 1 aromatic carbocycles. The number of fused-ring (bicyclic) bond motifs is 1. The Labute approximate surface area is 230 Å². The van der Waals surface area contributed by atoms with E-state index < -0.39 is 40.1 Å². The number of hydrogen-bond donors (Lipinski definition) is 0. The number of sulfonamides is 1. The molecule has 0 saturated carbocycles. The van der Waals surface area contributed by atoms with Gasteiger partial charge in [-0.2, -0.15) is 4.31 Å². The van der Waals surface area contributed by atoms with Gasteiger partial charge in [-0.25, -0.2) is 13.4 Å². The van der Waals surface area contributed by atoms with Gasteiger partial charge in [0.1, 0.15) is 24.0 Å². The largest absolute Gasteiger partial charge is 0.465 e. The van der Waals surface area contributed by atoms with Crippen LogP contribution in [0.2, 0.25) is 0 Å². The summed E-state index contributed by atoms with van der Waals surface area (Å²) in [7, 11) is -4.28. The van der Waals surface area contributed by atoms with Crippen LogP contribution in [0, 0.1) is 12.8 Å². The summed E-state index contributed by atoms with van der Waals surface area (Å²) in [4.78, 5) is 34.4. The molecule has 10 nitrogen and oxygen atoms in total. The van der Waals surface area contributed by atoms with Gasteiger partial charge < -0.3 is 14.0 Å². The van der Waals surface area contributed by atoms with Gasteiger partial charge in [0.15, 0.2) is 0 Å². The molecule has 0 N–H and O–H groups in total. The number of aryl methyl sites for hydroxylation is 1. The number of esters is 2. The van der Waals surface area contributed by atoms with Gasteiger partial charge in [-0.3, -0.25) is 14.6 Å². The van der Waals surface area contributed by atoms with Crippen LogP contribution in [0.1, 0.15) is 59.4 Å². The van der Waals surface area contributed by atoms with Crippen molar-refractivity contribution in [1.29, 1.82) is 0 Å². The van der Waals surface area contributed by atoms with E-state index in [4.69, 9.17) is 9.47 Å². The van der Waals surface area contributed by atoms with Crippen LogP contribution in [0.3, 0.4) is 0 Å². The van der Waals surface area contributed by atoms with E-state index in [-0.39, 0.29) is 23.8 Å². The fourth-order valence-electron chi connectivity index (χ4n) is 4.25. The Kier molecular flexibility index (Phi) is 9.50. The molecule has 0 aliphatic rings. The van der Waals surface area contributed by atoms with Gasteiger partial charge in [-0.15, -0.1) is 0 Å². The summed E-state index contributed by atoms with van der Waals surface area (Å²) in [6.45, 7) is 12.3. The summed E-state index contributed by atoms with van der Waals surface area (Å²) >= 11 is 0. The molecule has 0 radical (unpaired) electrons. The second-order valence-electron chi connectivity index (χ2n) is 10.8. The van der Waals surface area contributed by atoms with E-state index in [1.165, 1.54) is 12.1 Å². The molecular formula is C28H38N4O6S. The summed E-state index contributed by atoms with van der Waals surface area (Å²) in [5, 5.41) is 0. The van der Waals surface area contributed by atoms with Gasteiger partial charge in [0.25, 0.3) is 0 Å². The molecule has 2 aromatic heterocycles. The average molecular weight is 559 g/mol. The average Bonchev–Trinajstić information content (AvgIpc) is 3.15. The Morgan fingerprint density at radius 3 is 2.36 bits per heavy atom. The summed E-state index contributed by atoms with van der Waals surface area (Å²) in [5.74, 6) is -0.687. The standard InChI is InChI=1S/C28H38N4O6S/c1-8-37-27(34)24(15-19(2)3)32(18-26(33)38-28(5,6)7)39(35,36)22-11-9-21(10-12-22)17-31-20(4)30-23-13-14-29-16-25(23)31/h9-14,16,19,24H,8,15,17-18H2,1-7H3/t24-/m0/s1. The van der Waals surface area contributed by atoms with Crippen molar-refractivity contribution in [3.8, 4) is 0 Å². The molecule has 0 amide bonds. The van der Waals surface area contributed by atoms with Gasteiger partial charge in [0, 0.05) is 12.7 Å². The second kappa shape index (κ2) is 12.3. The zero-order valence-electron chi connectivity index (χ0n) is 23.7. The first kappa shape index (κ1) is 30.2. The number of pyridine rings is 1. The van der Waals surface area contributed by atoms with Crippen molar-refractivity contribution in [3.63, 3.8) is 0 Å². The number of aromatic nitrogens is 3. The third-order valence-corrected chi connectivity index (χ3v) is 7.79. The Morgan fingerprint density at radius 2 is 1.77 bits per heavy atom. The monoisotopic (exact) mass is 558 g/mol. The summed E-state index contributed by atoms with van der Waals surface area (Å²) in [6, 6.07) is 7.04. The third-order valence-electron chi connectivity index (χ3n) is 5.92. The molecule has 3 aromatic rings. The molecule has 11 heteroatoms. The predicted octanol–water partition coefficient (Wildman–Crippen LogP) is 4.10. The first-order chi connectivity index (χ1) is 18.2. The summed E-state index contributed by atoms with van der Waals surface area (Å²) in [6.07, 6.45) is 3.61. The fourth-order valence-corrected chi connectivity index (χ4v) is 5.79. The molecular weight excluding hydrogens is 520 g/mol. The van der Waals surface area contributed by atoms with Crippen molar-refractivity contribution in [2.75, 3.05) is 13.2 Å². The number of benzene rings is 1. The zero-order valence-corrected chi connectivity index (χ0v) is 24.5. The molecule has 3 rings (SSSR count). The summed E-state index contributed by atoms with van der Waals surface area (Å²) in [5.41, 5.74) is 1.73. The molecule has 2 heterocycles. The fraction of sp³-hybridized carbons (Fsp3) is 0.500. The van der Waals surface area contributed by atoms with Gasteiger partial charge in [0.2, 0.25) is 10.0 Å². The molecule has 0 fully saturated rings. The van der Waals surface area contributed by atoms with Crippen molar-refractivity contribution in [3.05, 3.63) is 54.1 Å². The van der Waals surface area contributed by atoms with Crippen LogP contribution < -0.4 is 0 Å². The number of ether oxygens (including phenoxy) is 2. The minimum absolute atomic E-state index is 0.0401. The maximum atomic E-state index is 13.9. The SMILES string of the molecule is CCOC(=O)[C@H](CC(C)C)N(CC(=O)OC(C)(C)C)S(=O)(=O)c1ccc(Cn2c(C)nc3ccncc32)cc1. The molecule has 0 saturated heterocycles. The maximum absolute atomic E-state index is 13.9. The minimum Gasteiger partial charge on any atom is -0.465 e. The molecule has 0 aliphatic heterocycles. The van der Waals surface area contributed by atoms with E-state index in [1.54, 1.807) is 52.2 Å². The van der Waals surface area contributed by atoms with E-state index in [1.807, 2.05) is 31.4 Å². The number of hydrogen-bond acceptors (Lipinski definition) is 8. The van der Waals surface area contributed by atoms with E-state index in [0.717, 1.165) is 26.7 Å². The van der Waals surface area contributed by atoms with Crippen LogP contribution in [-0.4, -0.2) is 64.0 Å². The van der Waals surface area contributed by atoms with Crippen molar-refractivity contribution in [1.82, 2.24) is 18.8 Å². The quantitative estimate of drug-likeness (QED) is 0.323. The molecule has 1 atom stereocenters. The first-order valence-corrected chi connectivity index (χ1v) is 14.4. The molecule has 0 unspecified atom stereocenters. The van der Waals surface area contributed by atoms with Crippen LogP contribution in [0.5, 0.6) is 0 Å². The second-order valence-corrected chi connectivity index (χ2v) is 12.7. The lowest BCUT2D eigenvalue weighted by molar-refractivity contribution is -0.157. The highest BCUT2D eigenvalue weighted by atomic mass is 32.2. The number of imidazole rings is 1. The van der Waals surface area contributed by atoms with Gasteiger partial charge >= 0.3 is 11.9 Å². The van der Waals surface area contributed by atoms with Gasteiger partial charge in [-0.05, 0) is 70.7 Å². The van der Waals surface area contributed by atoms with E-state index in [0.29, 0.717) is 6.54 Å². The predicted molar refractivity (Wildman–Crippen MR) is 147 cm³/mol. The number of carbonyl (C=O) groups is 2. The topological polar surface area (TPSA) is 121 Å². The highest BCUT2D eigenvalue weighted by molar-refractivity contribution is 7.89. The normalized spacial score (nSPS) is 13.2. The lowest BCUT2D eigenvalue weighted by atomic mass is 10.0. The van der Waals surface area contributed by atoms with Crippen LogP contribution in [0.4, 0.5) is 0 Å². The Hall–Kier alpha value is -3.31. The van der Waals surface area contributed by atoms with Crippen LogP contribution >= 0.6 is 0 Å². The molecule has 0 spiro atoms. The summed E-state index contributed by atoms with van der Waals surface area (Å²) < 4.78 is 41.3. The van der Waals surface area contributed by atoms with Crippen molar-refractivity contribution in [2.24, 2.45) is 5.92 Å². The molecule has 39 heavy (non-hydrogen) atoms. The molecule has 0 aliphatic carbocycles. The Morgan fingerprint density at radius 1 is 1.10 bits per heavy atom. The van der Waals surface area contributed by atoms with Gasteiger partial charge in [0.05, 0.1) is 28.7 Å². The number of carbonyl (C=O) groups excluding carboxylic acids is 2. The van der Waals surface area contributed by atoms with Crippen LogP contribution in [0.15, 0.2) is 47.6 Å². The smallest absolute Gasteiger partial charge is 0.324 e.